The molecule has 0 aromatic rings. The summed E-state index contributed by atoms with van der Waals surface area (Å²) in [6.45, 7) is 0.140. The van der Waals surface area contributed by atoms with Gasteiger partial charge in [-0.1, -0.05) is 19.3 Å². The van der Waals surface area contributed by atoms with Crippen molar-refractivity contribution in [3.05, 3.63) is 0 Å². The third-order valence-corrected chi connectivity index (χ3v) is 3.16. The zero-order valence-electron chi connectivity index (χ0n) is 9.76. The van der Waals surface area contributed by atoms with Gasteiger partial charge in [-0.05, 0) is 18.8 Å². The second-order valence-corrected chi connectivity index (χ2v) is 4.61. The highest BCUT2D eigenvalue weighted by Crippen LogP contribution is 2.28. The topological polar surface area (TPSA) is 20.3 Å². The van der Waals surface area contributed by atoms with E-state index in [1.165, 1.54) is 0 Å². The molecule has 0 spiro atoms. The lowest BCUT2D eigenvalue weighted by Crippen LogP contribution is -2.47. The average Bonchev–Trinajstić information content (AvgIpc) is 2.29. The summed E-state index contributed by atoms with van der Waals surface area (Å²) < 4.78 is 49.6. The molecule has 0 heterocycles. The Morgan fingerprint density at radius 3 is 2.29 bits per heavy atom. The van der Waals surface area contributed by atoms with Crippen molar-refractivity contribution in [2.45, 2.75) is 44.5 Å². The maximum absolute atomic E-state index is 12.8. The molecule has 0 saturated heterocycles. The van der Waals surface area contributed by atoms with Crippen molar-refractivity contribution in [1.29, 1.82) is 0 Å². The first-order chi connectivity index (χ1) is 7.85. The quantitative estimate of drug-likeness (QED) is 0.707. The van der Waals surface area contributed by atoms with Crippen molar-refractivity contribution in [2.24, 2.45) is 5.92 Å². The zero-order chi connectivity index (χ0) is 13.1. The van der Waals surface area contributed by atoms with Crippen LogP contribution in [0.5, 0.6) is 0 Å². The summed E-state index contributed by atoms with van der Waals surface area (Å²) >= 11 is 0. The number of hydrogen-bond donors (Lipinski definition) is 0. The van der Waals surface area contributed by atoms with Crippen LogP contribution in [-0.2, 0) is 4.79 Å². The number of halogens is 4. The molecule has 1 amide bonds. The molecule has 0 radical (unpaired) electrons. The number of carbonyl (C=O) groups is 1. The predicted molar refractivity (Wildman–Crippen MR) is 55.2 cm³/mol. The van der Waals surface area contributed by atoms with Crippen molar-refractivity contribution in [3.63, 3.8) is 0 Å². The van der Waals surface area contributed by atoms with Crippen molar-refractivity contribution >= 4 is 5.91 Å². The second kappa shape index (κ2) is 5.69. The van der Waals surface area contributed by atoms with Crippen LogP contribution < -0.4 is 0 Å². The minimum absolute atomic E-state index is 0.140. The second-order valence-electron chi connectivity index (χ2n) is 4.61. The molecule has 0 aliphatic heterocycles. The fourth-order valence-corrected chi connectivity index (χ4v) is 2.19. The number of carbonyl (C=O) groups excluding carboxylic acids is 1. The van der Waals surface area contributed by atoms with Gasteiger partial charge in [0.2, 0.25) is 0 Å². The number of hydrogen-bond acceptors (Lipinski definition) is 1. The van der Waals surface area contributed by atoms with Gasteiger partial charge >= 0.3 is 12.3 Å². The first kappa shape index (κ1) is 14.3. The highest BCUT2D eigenvalue weighted by Gasteiger charge is 2.50. The highest BCUT2D eigenvalue weighted by molar-refractivity contribution is 5.83. The summed E-state index contributed by atoms with van der Waals surface area (Å²) in [4.78, 5) is 11.9. The van der Waals surface area contributed by atoms with Gasteiger partial charge in [0, 0.05) is 13.6 Å². The Morgan fingerprint density at radius 1 is 1.29 bits per heavy atom. The maximum atomic E-state index is 12.8. The normalized spacial score (nSPS) is 18.5. The molecule has 0 N–H and O–H groups in total. The van der Waals surface area contributed by atoms with Crippen molar-refractivity contribution in [1.82, 2.24) is 4.90 Å². The fourth-order valence-electron chi connectivity index (χ4n) is 2.19. The van der Waals surface area contributed by atoms with Crippen LogP contribution in [0.4, 0.5) is 17.6 Å². The van der Waals surface area contributed by atoms with Gasteiger partial charge in [-0.25, -0.2) is 8.78 Å². The van der Waals surface area contributed by atoms with E-state index >= 15 is 0 Å². The summed E-state index contributed by atoms with van der Waals surface area (Å²) in [6.07, 6.45) is 0.941. The zero-order valence-corrected chi connectivity index (χ0v) is 9.76. The molecule has 6 heteroatoms. The van der Waals surface area contributed by atoms with Gasteiger partial charge in [-0.2, -0.15) is 8.78 Å². The van der Waals surface area contributed by atoms with E-state index in [9.17, 15) is 22.4 Å². The van der Waals surface area contributed by atoms with Gasteiger partial charge < -0.3 is 4.90 Å². The highest BCUT2D eigenvalue weighted by atomic mass is 19.3. The van der Waals surface area contributed by atoms with E-state index < -0.39 is 18.3 Å². The van der Waals surface area contributed by atoms with Crippen molar-refractivity contribution in [3.8, 4) is 0 Å². The molecule has 1 saturated carbocycles. The standard InChI is InChI=1S/C11H17F4NO/c1-16(7-8-5-3-2-4-6-8)10(17)11(14,15)9(12)13/h8-9H,2-7H2,1H3. The Balaban J connectivity index is 2.51. The van der Waals surface area contributed by atoms with E-state index in [1.54, 1.807) is 0 Å². The number of nitrogens with zero attached hydrogens (tertiary/aromatic N) is 1. The Labute approximate surface area is 98.0 Å². The molecular formula is C11H17F4NO. The molecule has 100 valence electrons. The van der Waals surface area contributed by atoms with Crippen LogP contribution in [0.25, 0.3) is 0 Å². The molecule has 1 aliphatic rings. The van der Waals surface area contributed by atoms with E-state index in [2.05, 4.69) is 0 Å². The van der Waals surface area contributed by atoms with Crippen LogP contribution in [0.15, 0.2) is 0 Å². The molecule has 0 bridgehead atoms. The SMILES string of the molecule is CN(CC1CCCCC1)C(=O)C(F)(F)C(F)F. The smallest absolute Gasteiger partial charge is 0.340 e. The summed E-state index contributed by atoms with van der Waals surface area (Å²) in [5.41, 5.74) is 0. The third kappa shape index (κ3) is 3.57. The van der Waals surface area contributed by atoms with Crippen LogP contribution in [0.1, 0.15) is 32.1 Å². The molecular weight excluding hydrogens is 238 g/mol. The van der Waals surface area contributed by atoms with Crippen LogP contribution in [0.2, 0.25) is 0 Å². The van der Waals surface area contributed by atoms with Gasteiger partial charge in [-0.15, -0.1) is 0 Å². The Bertz CT molecular complexity index is 264. The third-order valence-electron chi connectivity index (χ3n) is 3.16. The van der Waals surface area contributed by atoms with E-state index in [0.717, 1.165) is 44.1 Å². The van der Waals surface area contributed by atoms with Crippen LogP contribution in [0, 0.1) is 5.92 Å². The Hall–Kier alpha value is -0.810. The summed E-state index contributed by atoms with van der Waals surface area (Å²) in [5, 5.41) is 0. The number of amides is 1. The van der Waals surface area contributed by atoms with E-state index in [1.807, 2.05) is 0 Å². The van der Waals surface area contributed by atoms with Crippen LogP contribution >= 0.6 is 0 Å². The van der Waals surface area contributed by atoms with Crippen LogP contribution in [-0.4, -0.2) is 36.7 Å². The molecule has 0 aromatic carbocycles. The Morgan fingerprint density at radius 2 is 1.82 bits per heavy atom. The molecule has 0 aromatic heterocycles. The molecule has 0 atom stereocenters. The molecule has 1 fully saturated rings. The van der Waals surface area contributed by atoms with E-state index in [-0.39, 0.29) is 12.5 Å². The van der Waals surface area contributed by atoms with Crippen molar-refractivity contribution in [2.75, 3.05) is 13.6 Å². The van der Waals surface area contributed by atoms with Crippen molar-refractivity contribution < 1.29 is 22.4 Å². The first-order valence-corrected chi connectivity index (χ1v) is 5.77. The first-order valence-electron chi connectivity index (χ1n) is 5.77. The van der Waals surface area contributed by atoms with Gasteiger partial charge in [0.25, 0.3) is 5.91 Å². The minimum Gasteiger partial charge on any atom is -0.340 e. The monoisotopic (exact) mass is 255 g/mol. The lowest BCUT2D eigenvalue weighted by atomic mass is 9.89. The van der Waals surface area contributed by atoms with Gasteiger partial charge in [-0.3, -0.25) is 4.79 Å². The average molecular weight is 255 g/mol. The molecule has 1 rings (SSSR count). The Kier molecular flexibility index (Phi) is 4.77. The van der Waals surface area contributed by atoms with E-state index in [0.29, 0.717) is 0 Å². The molecule has 0 unspecified atom stereocenters. The molecule has 1 aliphatic carbocycles. The summed E-state index contributed by atoms with van der Waals surface area (Å²) in [6, 6.07) is 0. The molecule has 2 nitrogen and oxygen atoms in total. The van der Waals surface area contributed by atoms with Crippen LogP contribution in [0.3, 0.4) is 0 Å². The number of alkyl halides is 4. The molecule has 17 heavy (non-hydrogen) atoms. The lowest BCUT2D eigenvalue weighted by Gasteiger charge is -2.29. The van der Waals surface area contributed by atoms with Gasteiger partial charge in [0.05, 0.1) is 0 Å². The predicted octanol–water partition coefficient (Wildman–Crippen LogP) is 2.93. The maximum Gasteiger partial charge on any atom is 0.383 e. The lowest BCUT2D eigenvalue weighted by molar-refractivity contribution is -0.179. The minimum atomic E-state index is -4.57. The van der Waals surface area contributed by atoms with Gasteiger partial charge in [0.15, 0.2) is 0 Å². The fraction of sp³-hybridized carbons (Fsp3) is 0.909. The summed E-state index contributed by atoms with van der Waals surface area (Å²) in [7, 11) is 1.16. The van der Waals surface area contributed by atoms with E-state index in [4.69, 9.17) is 0 Å². The largest absolute Gasteiger partial charge is 0.383 e. The summed E-state index contributed by atoms with van der Waals surface area (Å²) in [5.74, 6) is -6.19. The van der Waals surface area contributed by atoms with Gasteiger partial charge in [0.1, 0.15) is 0 Å². The number of rotatable bonds is 4.